The van der Waals surface area contributed by atoms with Crippen LogP contribution in [0.1, 0.15) is 71.8 Å². The van der Waals surface area contributed by atoms with Crippen molar-refractivity contribution in [2.75, 3.05) is 11.9 Å². The van der Waals surface area contributed by atoms with E-state index in [1.54, 1.807) is 22.9 Å². The van der Waals surface area contributed by atoms with Crippen molar-refractivity contribution in [2.45, 2.75) is 84.3 Å². The van der Waals surface area contributed by atoms with Gasteiger partial charge in [-0.25, -0.2) is 0 Å². The number of nitrogens with one attached hydrogen (secondary N) is 1. The minimum atomic E-state index is -1.36. The van der Waals surface area contributed by atoms with E-state index in [2.05, 4.69) is 5.32 Å². The largest absolute Gasteiger partial charge is 0.457 e. The topological polar surface area (TPSA) is 130 Å². The number of carbonyl (C=O) groups excluding carboxylic acids is 4. The molecule has 1 aromatic heterocycles. The van der Waals surface area contributed by atoms with Crippen LogP contribution in [0.2, 0.25) is 0 Å². The lowest BCUT2D eigenvalue weighted by molar-refractivity contribution is -0.159. The molecule has 0 saturated heterocycles. The summed E-state index contributed by atoms with van der Waals surface area (Å²) in [5.41, 5.74) is 0.328. The molecule has 6 atom stereocenters. The van der Waals surface area contributed by atoms with Gasteiger partial charge in [0.2, 0.25) is 5.91 Å². The summed E-state index contributed by atoms with van der Waals surface area (Å²) in [5, 5.41) is 29.3. The zero-order valence-corrected chi connectivity index (χ0v) is 24.6. The zero-order valence-electron chi connectivity index (χ0n) is 23.8. The Morgan fingerprint density at radius 3 is 2.67 bits per heavy atom. The molecule has 1 aromatic rings. The third kappa shape index (κ3) is 6.16. The highest BCUT2D eigenvalue weighted by atomic mass is 32.1. The number of fused-ring (bicyclic) bond motifs is 1. The Morgan fingerprint density at radius 2 is 1.98 bits per heavy atom. The van der Waals surface area contributed by atoms with Gasteiger partial charge >= 0.3 is 5.97 Å². The van der Waals surface area contributed by atoms with E-state index in [1.165, 1.54) is 11.3 Å². The number of thiophene rings is 1. The minimum Gasteiger partial charge on any atom is -0.457 e. The van der Waals surface area contributed by atoms with Gasteiger partial charge in [0.15, 0.2) is 11.6 Å². The van der Waals surface area contributed by atoms with Gasteiger partial charge in [-0.2, -0.15) is 0 Å². The number of ether oxygens (including phenoxy) is 1. The number of aliphatic hydroxyl groups is 2. The predicted octanol–water partition coefficient (Wildman–Crippen LogP) is 4.40. The van der Waals surface area contributed by atoms with Crippen LogP contribution in [-0.4, -0.2) is 52.0 Å². The molecular weight excluding hydrogens is 530 g/mol. The van der Waals surface area contributed by atoms with Crippen LogP contribution in [0.3, 0.4) is 0 Å². The molecular formula is C31H41NO7S. The van der Waals surface area contributed by atoms with Crippen molar-refractivity contribution in [1.82, 2.24) is 0 Å². The SMILES string of the molecule is CCC1=CC(=O)C=CC1(C)C1CC2CCC(C(=O)COC(=O)Cc3cscc3NC(=O)CC(C)C)C2(O)CC1O. The van der Waals surface area contributed by atoms with Crippen LogP contribution in [0.25, 0.3) is 0 Å². The van der Waals surface area contributed by atoms with Crippen LogP contribution >= 0.6 is 11.3 Å². The maximum absolute atomic E-state index is 13.2. The van der Waals surface area contributed by atoms with Crippen molar-refractivity contribution < 1.29 is 34.1 Å². The summed E-state index contributed by atoms with van der Waals surface area (Å²) >= 11 is 1.37. The Morgan fingerprint density at radius 1 is 1.23 bits per heavy atom. The quantitative estimate of drug-likeness (QED) is 0.355. The lowest BCUT2D eigenvalue weighted by Crippen LogP contribution is -2.55. The highest BCUT2D eigenvalue weighted by Gasteiger charge is 2.59. The maximum Gasteiger partial charge on any atom is 0.310 e. The van der Waals surface area contributed by atoms with Crippen molar-refractivity contribution in [3.05, 3.63) is 40.1 Å². The van der Waals surface area contributed by atoms with Crippen LogP contribution in [0, 0.1) is 29.1 Å². The van der Waals surface area contributed by atoms with E-state index in [-0.39, 0.29) is 48.1 Å². The summed E-state index contributed by atoms with van der Waals surface area (Å²) in [6, 6.07) is 0. The molecule has 0 spiro atoms. The minimum absolute atomic E-state index is 0.0525. The summed E-state index contributed by atoms with van der Waals surface area (Å²) in [4.78, 5) is 49.9. The number of carbonyl (C=O) groups is 4. The van der Waals surface area contributed by atoms with Crippen molar-refractivity contribution in [3.63, 3.8) is 0 Å². The third-order valence-corrected chi connectivity index (χ3v) is 9.91. The van der Waals surface area contributed by atoms with Crippen molar-refractivity contribution >= 4 is 40.5 Å². The fourth-order valence-electron chi connectivity index (χ4n) is 6.99. The van der Waals surface area contributed by atoms with Gasteiger partial charge in [-0.15, -0.1) is 11.3 Å². The lowest BCUT2D eigenvalue weighted by Gasteiger charge is -2.50. The van der Waals surface area contributed by atoms with E-state index in [1.807, 2.05) is 33.8 Å². The second-order valence-corrected chi connectivity index (χ2v) is 13.0. The van der Waals surface area contributed by atoms with E-state index in [9.17, 15) is 29.4 Å². The van der Waals surface area contributed by atoms with Gasteiger partial charge in [-0.1, -0.05) is 39.3 Å². The van der Waals surface area contributed by atoms with Gasteiger partial charge in [0.1, 0.15) is 6.61 Å². The summed E-state index contributed by atoms with van der Waals surface area (Å²) in [6.07, 6.45) is 6.95. The number of ketones is 2. The molecule has 9 heteroatoms. The number of aliphatic hydroxyl groups excluding tert-OH is 1. The molecule has 3 aliphatic carbocycles. The Labute approximate surface area is 239 Å². The monoisotopic (exact) mass is 571 g/mol. The first-order valence-corrected chi connectivity index (χ1v) is 15.2. The number of esters is 1. The molecule has 1 heterocycles. The van der Waals surface area contributed by atoms with Crippen LogP contribution in [-0.2, 0) is 30.3 Å². The highest BCUT2D eigenvalue weighted by molar-refractivity contribution is 7.08. The van der Waals surface area contributed by atoms with Gasteiger partial charge in [0, 0.05) is 23.6 Å². The molecule has 3 aliphatic rings. The Hall–Kier alpha value is -2.62. The van der Waals surface area contributed by atoms with Crippen molar-refractivity contribution in [2.24, 2.45) is 29.1 Å². The molecule has 6 unspecified atom stereocenters. The molecule has 0 bridgehead atoms. The van der Waals surface area contributed by atoms with Crippen LogP contribution in [0.5, 0.6) is 0 Å². The summed E-state index contributed by atoms with van der Waals surface area (Å²) in [5.74, 6) is -1.96. The Bertz CT molecular complexity index is 1220. The molecule has 4 rings (SSSR count). The van der Waals surface area contributed by atoms with Gasteiger partial charge in [0.25, 0.3) is 0 Å². The first kappa shape index (κ1) is 30.3. The average molecular weight is 572 g/mol. The molecule has 1 amide bonds. The zero-order chi connectivity index (χ0) is 29.2. The smallest absolute Gasteiger partial charge is 0.310 e. The molecule has 8 nitrogen and oxygen atoms in total. The Balaban J connectivity index is 1.35. The first-order chi connectivity index (χ1) is 18.9. The molecule has 0 aromatic carbocycles. The molecule has 0 aliphatic heterocycles. The lowest BCUT2D eigenvalue weighted by atomic mass is 9.57. The summed E-state index contributed by atoms with van der Waals surface area (Å²) < 4.78 is 5.32. The normalized spacial score (nSPS) is 31.6. The van der Waals surface area contributed by atoms with Crippen LogP contribution in [0.4, 0.5) is 5.69 Å². The molecule has 0 radical (unpaired) electrons. The third-order valence-electron chi connectivity index (χ3n) is 9.12. The molecule has 3 N–H and O–H groups in total. The number of hydrogen-bond acceptors (Lipinski definition) is 8. The first-order valence-electron chi connectivity index (χ1n) is 14.2. The fourth-order valence-corrected chi connectivity index (χ4v) is 7.78. The number of anilines is 1. The highest BCUT2D eigenvalue weighted by Crippen LogP contribution is 2.56. The van der Waals surface area contributed by atoms with E-state index >= 15 is 0 Å². The molecule has 2 fully saturated rings. The summed E-state index contributed by atoms with van der Waals surface area (Å²) in [6.45, 7) is 7.50. The number of Topliss-reactive ketones (excluding diaryl/α,β-unsaturated/α-hetero) is 1. The van der Waals surface area contributed by atoms with E-state index in [4.69, 9.17) is 4.74 Å². The Kier molecular flexibility index (Phi) is 9.17. The number of hydrogen-bond donors (Lipinski definition) is 3. The maximum atomic E-state index is 13.2. The number of amides is 1. The fraction of sp³-hybridized carbons (Fsp3) is 0.613. The second-order valence-electron chi connectivity index (χ2n) is 12.2. The standard InChI is InChI=1S/C31H41NO7S/c1-5-20-12-22(33)8-9-30(20,4)24-13-21-6-7-23(31(21,38)14-26(24)34)27(35)15-39-29(37)11-19-16-40-17-25(19)32-28(36)10-18(2)3/h8-9,12,16-18,21,23-24,26,34,38H,5-7,10-11,13-15H2,1-4H3,(H,32,36). The predicted molar refractivity (Wildman–Crippen MR) is 153 cm³/mol. The average Bonchev–Trinajstić information content (AvgIpc) is 3.45. The van der Waals surface area contributed by atoms with Gasteiger partial charge in [-0.05, 0) is 66.5 Å². The molecule has 218 valence electrons. The van der Waals surface area contributed by atoms with Crippen LogP contribution in [0.15, 0.2) is 34.6 Å². The van der Waals surface area contributed by atoms with Crippen molar-refractivity contribution in [3.8, 4) is 0 Å². The van der Waals surface area contributed by atoms with Gasteiger partial charge < -0.3 is 20.3 Å². The number of allylic oxidation sites excluding steroid dienone is 4. The molecule has 2 saturated carbocycles. The van der Waals surface area contributed by atoms with Gasteiger partial charge in [0.05, 0.1) is 29.7 Å². The van der Waals surface area contributed by atoms with E-state index in [0.29, 0.717) is 43.4 Å². The second kappa shape index (κ2) is 12.1. The summed E-state index contributed by atoms with van der Waals surface area (Å²) in [7, 11) is 0. The number of rotatable bonds is 10. The van der Waals surface area contributed by atoms with E-state index in [0.717, 1.165) is 5.57 Å². The van der Waals surface area contributed by atoms with Crippen LogP contribution < -0.4 is 5.32 Å². The molecule has 40 heavy (non-hydrogen) atoms. The van der Waals surface area contributed by atoms with Gasteiger partial charge in [-0.3, -0.25) is 19.2 Å². The van der Waals surface area contributed by atoms with Crippen molar-refractivity contribution in [1.29, 1.82) is 0 Å². The van der Waals surface area contributed by atoms with E-state index < -0.39 is 35.6 Å².